The SMILES string of the molecule is C[Si](C)(C)Oc1ccc(CC(=O)O)cc1OC(F)(F)F. The van der Waals surface area contributed by atoms with Crippen LogP contribution in [0.15, 0.2) is 18.2 Å². The lowest BCUT2D eigenvalue weighted by Gasteiger charge is -2.22. The molecule has 0 aliphatic rings. The lowest BCUT2D eigenvalue weighted by molar-refractivity contribution is -0.275. The minimum atomic E-state index is -4.86. The number of alkyl halides is 3. The van der Waals surface area contributed by atoms with E-state index in [0.29, 0.717) is 0 Å². The van der Waals surface area contributed by atoms with Gasteiger partial charge in [0.25, 0.3) is 0 Å². The van der Waals surface area contributed by atoms with E-state index in [2.05, 4.69) is 4.74 Å². The first kappa shape index (κ1) is 16.4. The van der Waals surface area contributed by atoms with Crippen molar-refractivity contribution >= 4 is 14.3 Å². The Balaban J connectivity index is 3.12. The first-order valence-corrected chi connectivity index (χ1v) is 9.16. The average molecular weight is 308 g/mol. The highest BCUT2D eigenvalue weighted by molar-refractivity contribution is 6.70. The number of carbonyl (C=O) groups is 1. The van der Waals surface area contributed by atoms with Crippen LogP contribution in [0.1, 0.15) is 5.56 Å². The zero-order chi connectivity index (χ0) is 15.6. The van der Waals surface area contributed by atoms with E-state index >= 15 is 0 Å². The second-order valence-electron chi connectivity index (χ2n) is 5.11. The molecule has 1 N–H and O–H groups in total. The molecule has 1 aromatic rings. The summed E-state index contributed by atoms with van der Waals surface area (Å²) in [5.41, 5.74) is 0.208. The largest absolute Gasteiger partial charge is 0.573 e. The molecule has 0 heterocycles. The van der Waals surface area contributed by atoms with Crippen LogP contribution in [0.2, 0.25) is 19.6 Å². The van der Waals surface area contributed by atoms with Gasteiger partial charge in [0.2, 0.25) is 8.32 Å². The third-order valence-corrected chi connectivity index (χ3v) is 2.84. The molecule has 1 aromatic carbocycles. The summed E-state index contributed by atoms with van der Waals surface area (Å²) in [5, 5.41) is 8.66. The highest BCUT2D eigenvalue weighted by Crippen LogP contribution is 2.34. The summed E-state index contributed by atoms with van der Waals surface area (Å²) in [4.78, 5) is 10.6. The first-order chi connectivity index (χ1) is 8.96. The Bertz CT molecular complexity index is 494. The second kappa shape index (κ2) is 5.74. The summed E-state index contributed by atoms with van der Waals surface area (Å²) in [6.07, 6.45) is -5.25. The van der Waals surface area contributed by atoms with Crippen molar-refractivity contribution in [3.8, 4) is 11.5 Å². The van der Waals surface area contributed by atoms with E-state index in [4.69, 9.17) is 9.53 Å². The molecule has 0 bridgehead atoms. The van der Waals surface area contributed by atoms with Gasteiger partial charge in [0.05, 0.1) is 6.42 Å². The number of hydrogen-bond acceptors (Lipinski definition) is 3. The third kappa shape index (κ3) is 5.96. The summed E-state index contributed by atoms with van der Waals surface area (Å²) in [6, 6.07) is 3.75. The fourth-order valence-corrected chi connectivity index (χ4v) is 2.28. The van der Waals surface area contributed by atoms with Crippen molar-refractivity contribution in [2.24, 2.45) is 0 Å². The summed E-state index contributed by atoms with van der Waals surface area (Å²) >= 11 is 0. The fraction of sp³-hybridized carbons (Fsp3) is 0.417. The second-order valence-corrected chi connectivity index (χ2v) is 9.54. The lowest BCUT2D eigenvalue weighted by Crippen LogP contribution is -2.30. The topological polar surface area (TPSA) is 55.8 Å². The Hall–Kier alpha value is -1.70. The number of aliphatic carboxylic acids is 1. The highest BCUT2D eigenvalue weighted by Gasteiger charge is 2.33. The van der Waals surface area contributed by atoms with Gasteiger partial charge < -0.3 is 14.3 Å². The number of benzene rings is 1. The first-order valence-electron chi connectivity index (χ1n) is 5.76. The normalized spacial score (nSPS) is 12.1. The standard InChI is InChI=1S/C12H15F3O4Si/c1-20(2,3)19-9-5-4-8(7-11(16)17)6-10(9)18-12(13,14)15/h4-6H,7H2,1-3H3,(H,16,17). The Kier molecular flexibility index (Phi) is 4.69. The lowest BCUT2D eigenvalue weighted by atomic mass is 10.1. The van der Waals surface area contributed by atoms with Crippen LogP contribution in [0.25, 0.3) is 0 Å². The number of carboxylic acids is 1. The zero-order valence-corrected chi connectivity index (χ0v) is 12.2. The van der Waals surface area contributed by atoms with Crippen LogP contribution >= 0.6 is 0 Å². The molecule has 4 nitrogen and oxygen atoms in total. The monoisotopic (exact) mass is 308 g/mol. The fourth-order valence-electron chi connectivity index (χ4n) is 1.46. The van der Waals surface area contributed by atoms with Gasteiger partial charge in [0.15, 0.2) is 5.75 Å². The van der Waals surface area contributed by atoms with Crippen molar-refractivity contribution in [2.75, 3.05) is 0 Å². The van der Waals surface area contributed by atoms with Crippen LogP contribution in [0, 0.1) is 0 Å². The molecule has 0 aliphatic heterocycles. The molecule has 0 aromatic heterocycles. The molecule has 8 heteroatoms. The van der Waals surface area contributed by atoms with Crippen LogP contribution in [0.5, 0.6) is 11.5 Å². The van der Waals surface area contributed by atoms with E-state index in [1.54, 1.807) is 0 Å². The zero-order valence-electron chi connectivity index (χ0n) is 11.2. The van der Waals surface area contributed by atoms with Gasteiger partial charge >= 0.3 is 12.3 Å². The van der Waals surface area contributed by atoms with Crippen molar-refractivity contribution < 1.29 is 32.2 Å². The Morgan fingerprint density at radius 3 is 2.30 bits per heavy atom. The molecule has 1 rings (SSSR count). The molecule has 0 amide bonds. The van der Waals surface area contributed by atoms with E-state index in [9.17, 15) is 18.0 Å². The van der Waals surface area contributed by atoms with Crippen molar-refractivity contribution in [1.82, 2.24) is 0 Å². The van der Waals surface area contributed by atoms with Crippen molar-refractivity contribution in [1.29, 1.82) is 0 Å². The summed E-state index contributed by atoms with van der Waals surface area (Å²) in [7, 11) is -2.12. The molecule has 0 saturated carbocycles. The number of hydrogen-bond donors (Lipinski definition) is 1. The van der Waals surface area contributed by atoms with E-state index in [1.165, 1.54) is 12.1 Å². The van der Waals surface area contributed by atoms with Gasteiger partial charge in [-0.3, -0.25) is 4.79 Å². The molecular weight excluding hydrogens is 293 g/mol. The maximum absolute atomic E-state index is 12.4. The van der Waals surface area contributed by atoms with E-state index < -0.39 is 26.4 Å². The summed E-state index contributed by atoms with van der Waals surface area (Å²) in [6.45, 7) is 5.45. The van der Waals surface area contributed by atoms with Crippen molar-refractivity contribution in [2.45, 2.75) is 32.4 Å². The molecule has 0 radical (unpaired) electrons. The van der Waals surface area contributed by atoms with Gasteiger partial charge in [-0.2, -0.15) is 0 Å². The van der Waals surface area contributed by atoms with Crippen LogP contribution < -0.4 is 9.16 Å². The maximum atomic E-state index is 12.4. The predicted molar refractivity (Wildman–Crippen MR) is 68.4 cm³/mol. The van der Waals surface area contributed by atoms with E-state index in [-0.39, 0.29) is 17.7 Å². The smallest absolute Gasteiger partial charge is 0.542 e. The van der Waals surface area contributed by atoms with Crippen LogP contribution in [-0.4, -0.2) is 25.8 Å². The van der Waals surface area contributed by atoms with Gasteiger partial charge in [-0.15, -0.1) is 13.2 Å². The Morgan fingerprint density at radius 2 is 1.85 bits per heavy atom. The number of halogens is 3. The summed E-state index contributed by atoms with van der Waals surface area (Å²) < 4.78 is 46.5. The van der Waals surface area contributed by atoms with Gasteiger partial charge in [0.1, 0.15) is 5.75 Å². The van der Waals surface area contributed by atoms with E-state index in [0.717, 1.165) is 6.07 Å². The van der Waals surface area contributed by atoms with Crippen molar-refractivity contribution in [3.05, 3.63) is 23.8 Å². The number of rotatable bonds is 5. The predicted octanol–water partition coefficient (Wildman–Crippen LogP) is 3.43. The molecule has 0 spiro atoms. The molecule has 112 valence electrons. The molecule has 0 fully saturated rings. The number of carboxylic acid groups (broad SMARTS) is 1. The van der Waals surface area contributed by atoms with Crippen molar-refractivity contribution in [3.63, 3.8) is 0 Å². The molecule has 0 aliphatic carbocycles. The maximum Gasteiger partial charge on any atom is 0.573 e. The van der Waals surface area contributed by atoms with Gasteiger partial charge in [-0.25, -0.2) is 0 Å². The minimum Gasteiger partial charge on any atom is -0.542 e. The average Bonchev–Trinajstić information content (AvgIpc) is 2.16. The molecule has 0 saturated heterocycles. The quantitative estimate of drug-likeness (QED) is 0.847. The molecular formula is C12H15F3O4Si. The Morgan fingerprint density at radius 1 is 1.25 bits per heavy atom. The summed E-state index contributed by atoms with van der Waals surface area (Å²) in [5.74, 6) is -1.68. The van der Waals surface area contributed by atoms with E-state index in [1.807, 2.05) is 19.6 Å². The number of ether oxygens (including phenoxy) is 1. The Labute approximate surface area is 115 Å². The third-order valence-electron chi connectivity index (χ3n) is 2.01. The van der Waals surface area contributed by atoms with Crippen LogP contribution in [0.3, 0.4) is 0 Å². The molecule has 0 unspecified atom stereocenters. The van der Waals surface area contributed by atoms with Gasteiger partial charge in [0, 0.05) is 0 Å². The van der Waals surface area contributed by atoms with Crippen LogP contribution in [-0.2, 0) is 11.2 Å². The van der Waals surface area contributed by atoms with Crippen LogP contribution in [0.4, 0.5) is 13.2 Å². The van der Waals surface area contributed by atoms with Gasteiger partial charge in [-0.05, 0) is 37.3 Å². The minimum absolute atomic E-state index is 0.0318. The molecule has 20 heavy (non-hydrogen) atoms. The molecule has 0 atom stereocenters. The van der Waals surface area contributed by atoms with Gasteiger partial charge in [-0.1, -0.05) is 6.07 Å². The highest BCUT2D eigenvalue weighted by atomic mass is 28.4.